The summed E-state index contributed by atoms with van der Waals surface area (Å²) in [7, 11) is 1.41. The molecule has 0 aliphatic rings. The molecule has 0 aliphatic carbocycles. The highest BCUT2D eigenvalue weighted by atomic mass is 16.5. The topological polar surface area (TPSA) is 26.3 Å². The van der Waals surface area contributed by atoms with Gasteiger partial charge in [0, 0.05) is 6.42 Å². The van der Waals surface area contributed by atoms with E-state index in [1.54, 1.807) is 0 Å². The molecule has 12 heavy (non-hydrogen) atoms. The third-order valence-corrected chi connectivity index (χ3v) is 1.58. The molecule has 0 rings (SSSR count). The van der Waals surface area contributed by atoms with Gasteiger partial charge in [0.2, 0.25) is 0 Å². The van der Waals surface area contributed by atoms with E-state index in [2.05, 4.69) is 17.4 Å². The molecule has 0 saturated heterocycles. The minimum Gasteiger partial charge on any atom is -0.469 e. The molecule has 0 N–H and O–H groups in total. The molecule has 68 valence electrons. The van der Waals surface area contributed by atoms with Crippen LogP contribution in [0.25, 0.3) is 0 Å². The molecule has 0 radical (unpaired) electrons. The van der Waals surface area contributed by atoms with E-state index >= 15 is 0 Å². The van der Waals surface area contributed by atoms with Crippen molar-refractivity contribution in [2.24, 2.45) is 0 Å². The summed E-state index contributed by atoms with van der Waals surface area (Å²) in [5.41, 5.74) is 1.21. The number of hydrogen-bond acceptors (Lipinski definition) is 2. The molecule has 0 aromatic carbocycles. The first kappa shape index (κ1) is 11.0. The van der Waals surface area contributed by atoms with Crippen LogP contribution < -0.4 is 0 Å². The Kier molecular flexibility index (Phi) is 6.07. The Hall–Kier alpha value is -1.05. The van der Waals surface area contributed by atoms with Crippen LogP contribution in [0.2, 0.25) is 0 Å². The zero-order valence-electron chi connectivity index (χ0n) is 7.80. The standard InChI is InChI=1S/C10H16O2/c1-4-5-6-9(2)7-8-10(11)12-3/h4,6H,1,5,7-8H2,2-3H3/b9-6+. The van der Waals surface area contributed by atoms with Gasteiger partial charge in [-0.3, -0.25) is 4.79 Å². The van der Waals surface area contributed by atoms with Crippen molar-refractivity contribution in [3.05, 3.63) is 24.3 Å². The van der Waals surface area contributed by atoms with Crippen LogP contribution in [0.15, 0.2) is 24.3 Å². The highest BCUT2D eigenvalue weighted by Gasteiger charge is 1.99. The summed E-state index contributed by atoms with van der Waals surface area (Å²) in [4.78, 5) is 10.7. The molecule has 0 atom stereocenters. The second kappa shape index (κ2) is 6.65. The van der Waals surface area contributed by atoms with Gasteiger partial charge in [-0.25, -0.2) is 0 Å². The average molecular weight is 168 g/mol. The van der Waals surface area contributed by atoms with Gasteiger partial charge in [-0.05, 0) is 19.8 Å². The SMILES string of the molecule is C=CC/C=C(\C)CCC(=O)OC. The summed E-state index contributed by atoms with van der Waals surface area (Å²) < 4.78 is 4.52. The first-order valence-electron chi connectivity index (χ1n) is 4.04. The van der Waals surface area contributed by atoms with Crippen LogP contribution in [-0.2, 0) is 9.53 Å². The van der Waals surface area contributed by atoms with Crippen molar-refractivity contribution in [2.75, 3.05) is 7.11 Å². The number of rotatable bonds is 5. The number of methoxy groups -OCH3 is 1. The van der Waals surface area contributed by atoms with E-state index in [0.29, 0.717) is 6.42 Å². The van der Waals surface area contributed by atoms with E-state index in [-0.39, 0.29) is 5.97 Å². The molecule has 0 heterocycles. The summed E-state index contributed by atoms with van der Waals surface area (Å²) in [6.07, 6.45) is 6.01. The van der Waals surface area contributed by atoms with Gasteiger partial charge in [-0.1, -0.05) is 17.7 Å². The first-order valence-corrected chi connectivity index (χ1v) is 4.04. The second-order valence-corrected chi connectivity index (χ2v) is 2.65. The quantitative estimate of drug-likeness (QED) is 0.465. The van der Waals surface area contributed by atoms with Gasteiger partial charge in [0.15, 0.2) is 0 Å². The maximum absolute atomic E-state index is 10.7. The summed E-state index contributed by atoms with van der Waals surface area (Å²) in [5.74, 6) is -0.152. The lowest BCUT2D eigenvalue weighted by atomic mass is 10.1. The molecule has 0 unspecified atom stereocenters. The van der Waals surface area contributed by atoms with E-state index in [1.807, 2.05) is 13.0 Å². The largest absolute Gasteiger partial charge is 0.469 e. The van der Waals surface area contributed by atoms with Crippen LogP contribution in [0, 0.1) is 0 Å². The molecule has 0 bridgehead atoms. The predicted molar refractivity (Wildman–Crippen MR) is 49.8 cm³/mol. The summed E-state index contributed by atoms with van der Waals surface area (Å²) >= 11 is 0. The third-order valence-electron chi connectivity index (χ3n) is 1.58. The van der Waals surface area contributed by atoms with Gasteiger partial charge < -0.3 is 4.74 Å². The minimum atomic E-state index is -0.152. The maximum Gasteiger partial charge on any atom is 0.305 e. The van der Waals surface area contributed by atoms with Crippen LogP contribution in [-0.4, -0.2) is 13.1 Å². The Bertz CT molecular complexity index is 180. The Morgan fingerprint density at radius 1 is 1.50 bits per heavy atom. The second-order valence-electron chi connectivity index (χ2n) is 2.65. The molecule has 2 nitrogen and oxygen atoms in total. The van der Waals surface area contributed by atoms with E-state index < -0.39 is 0 Å². The van der Waals surface area contributed by atoms with Crippen molar-refractivity contribution in [2.45, 2.75) is 26.2 Å². The highest BCUT2D eigenvalue weighted by Crippen LogP contribution is 2.05. The van der Waals surface area contributed by atoms with Gasteiger partial charge in [0.05, 0.1) is 7.11 Å². The summed E-state index contributed by atoms with van der Waals surface area (Å²) in [5, 5.41) is 0. The van der Waals surface area contributed by atoms with Gasteiger partial charge in [0.25, 0.3) is 0 Å². The summed E-state index contributed by atoms with van der Waals surface area (Å²) in [6.45, 7) is 5.61. The average Bonchev–Trinajstić information content (AvgIpc) is 2.10. The molecule has 0 aliphatic heterocycles. The normalized spacial score (nSPS) is 11.0. The molecular weight excluding hydrogens is 152 g/mol. The van der Waals surface area contributed by atoms with Crippen molar-refractivity contribution in [1.82, 2.24) is 0 Å². The monoisotopic (exact) mass is 168 g/mol. The fraction of sp³-hybridized carbons (Fsp3) is 0.500. The smallest absolute Gasteiger partial charge is 0.305 e. The van der Waals surface area contributed by atoms with Crippen LogP contribution in [0.1, 0.15) is 26.2 Å². The number of allylic oxidation sites excluding steroid dienone is 3. The highest BCUT2D eigenvalue weighted by molar-refractivity contribution is 5.69. The minimum absolute atomic E-state index is 0.152. The molecule has 2 heteroatoms. The Morgan fingerprint density at radius 3 is 2.67 bits per heavy atom. The molecule has 0 saturated carbocycles. The number of esters is 1. The van der Waals surface area contributed by atoms with Crippen molar-refractivity contribution in [3.8, 4) is 0 Å². The molecule has 0 aromatic heterocycles. The first-order chi connectivity index (χ1) is 5.70. The van der Waals surface area contributed by atoms with Crippen LogP contribution in [0.4, 0.5) is 0 Å². The Labute approximate surface area is 73.9 Å². The molecular formula is C10H16O2. The van der Waals surface area contributed by atoms with E-state index in [9.17, 15) is 4.79 Å². The lowest BCUT2D eigenvalue weighted by Gasteiger charge is -1.99. The molecule has 0 amide bonds. The Morgan fingerprint density at radius 2 is 2.17 bits per heavy atom. The zero-order chi connectivity index (χ0) is 9.40. The van der Waals surface area contributed by atoms with Crippen LogP contribution >= 0.6 is 0 Å². The fourth-order valence-electron chi connectivity index (χ4n) is 0.788. The van der Waals surface area contributed by atoms with Gasteiger partial charge in [-0.2, -0.15) is 0 Å². The van der Waals surface area contributed by atoms with Gasteiger partial charge >= 0.3 is 5.97 Å². The summed E-state index contributed by atoms with van der Waals surface area (Å²) in [6, 6.07) is 0. The zero-order valence-corrected chi connectivity index (χ0v) is 7.80. The number of hydrogen-bond donors (Lipinski definition) is 0. The molecule has 0 fully saturated rings. The number of carbonyl (C=O) groups is 1. The predicted octanol–water partition coefficient (Wildman–Crippen LogP) is 2.46. The maximum atomic E-state index is 10.7. The lowest BCUT2D eigenvalue weighted by molar-refractivity contribution is -0.140. The fourth-order valence-corrected chi connectivity index (χ4v) is 0.788. The lowest BCUT2D eigenvalue weighted by Crippen LogP contribution is -1.99. The van der Waals surface area contributed by atoms with Crippen molar-refractivity contribution in [1.29, 1.82) is 0 Å². The van der Waals surface area contributed by atoms with Crippen LogP contribution in [0.3, 0.4) is 0 Å². The van der Waals surface area contributed by atoms with Crippen molar-refractivity contribution in [3.63, 3.8) is 0 Å². The van der Waals surface area contributed by atoms with Crippen molar-refractivity contribution < 1.29 is 9.53 Å². The molecule has 0 spiro atoms. The number of carbonyl (C=O) groups excluding carboxylic acids is 1. The van der Waals surface area contributed by atoms with Gasteiger partial charge in [-0.15, -0.1) is 6.58 Å². The van der Waals surface area contributed by atoms with Crippen LogP contribution in [0.5, 0.6) is 0 Å². The molecule has 0 aromatic rings. The van der Waals surface area contributed by atoms with E-state index in [4.69, 9.17) is 0 Å². The number of ether oxygens (including phenoxy) is 1. The third kappa shape index (κ3) is 5.71. The Balaban J connectivity index is 3.62. The van der Waals surface area contributed by atoms with Gasteiger partial charge in [0.1, 0.15) is 0 Å². The van der Waals surface area contributed by atoms with E-state index in [0.717, 1.165) is 12.8 Å². The van der Waals surface area contributed by atoms with Crippen molar-refractivity contribution >= 4 is 5.97 Å². The van der Waals surface area contributed by atoms with E-state index in [1.165, 1.54) is 12.7 Å².